The summed E-state index contributed by atoms with van der Waals surface area (Å²) < 4.78 is 32.0. The summed E-state index contributed by atoms with van der Waals surface area (Å²) in [6.07, 6.45) is -2.83. The third kappa shape index (κ3) is 9.08. The summed E-state index contributed by atoms with van der Waals surface area (Å²) in [6, 6.07) is 37.4. The fourth-order valence-electron chi connectivity index (χ4n) is 4.79. The van der Waals surface area contributed by atoms with Crippen molar-refractivity contribution in [3.05, 3.63) is 132 Å². The summed E-state index contributed by atoms with van der Waals surface area (Å²) in [4.78, 5) is 13.8. The van der Waals surface area contributed by atoms with Crippen LogP contribution in [0.5, 0.6) is 5.75 Å². The van der Waals surface area contributed by atoms with Crippen LogP contribution in [-0.4, -0.2) is 48.3 Å². The SMILES string of the molecule is Cc1ccc(O[C@@H]2[C@@H](OC(=O)CCl)[C@@H](OCc3ccccc3)[C@@H](COCc3ccccc3)O[C@H]2Sc2ccccc2)cc1. The topological polar surface area (TPSA) is 63.2 Å². The van der Waals surface area contributed by atoms with E-state index in [9.17, 15) is 4.79 Å². The fraction of sp³-hybridized carbons (Fsp3) is 0.286. The van der Waals surface area contributed by atoms with Crippen LogP contribution in [0.15, 0.2) is 120 Å². The lowest BCUT2D eigenvalue weighted by Crippen LogP contribution is -2.62. The van der Waals surface area contributed by atoms with Gasteiger partial charge in [0.25, 0.3) is 0 Å². The normalized spacial score (nSPS) is 21.7. The van der Waals surface area contributed by atoms with Gasteiger partial charge < -0.3 is 23.7 Å². The van der Waals surface area contributed by atoms with Gasteiger partial charge in [-0.2, -0.15) is 0 Å². The van der Waals surface area contributed by atoms with Crippen molar-refractivity contribution in [1.82, 2.24) is 0 Å². The van der Waals surface area contributed by atoms with E-state index in [1.165, 1.54) is 11.8 Å². The highest BCUT2D eigenvalue weighted by Crippen LogP contribution is 2.38. The molecule has 6 nitrogen and oxygen atoms in total. The van der Waals surface area contributed by atoms with Gasteiger partial charge in [-0.1, -0.05) is 108 Å². The van der Waals surface area contributed by atoms with Gasteiger partial charge in [-0.05, 0) is 42.3 Å². The van der Waals surface area contributed by atoms with E-state index in [0.29, 0.717) is 12.4 Å². The first-order chi connectivity index (χ1) is 21.1. The van der Waals surface area contributed by atoms with Crippen molar-refractivity contribution in [3.63, 3.8) is 0 Å². The van der Waals surface area contributed by atoms with E-state index in [2.05, 4.69) is 0 Å². The zero-order valence-electron chi connectivity index (χ0n) is 23.9. The summed E-state index contributed by atoms with van der Waals surface area (Å²) in [5.41, 5.74) is 2.57. The van der Waals surface area contributed by atoms with Crippen molar-refractivity contribution in [2.45, 2.75) is 54.9 Å². The van der Waals surface area contributed by atoms with Gasteiger partial charge in [-0.15, -0.1) is 11.6 Å². The Kier molecular flexibility index (Phi) is 11.5. The molecule has 4 aromatic carbocycles. The molecule has 0 unspecified atom stereocenters. The molecular weight excluding hydrogens is 584 g/mol. The Bertz CT molecular complexity index is 1390. The standard InChI is InChI=1S/C35H35ClO6S/c1-25-17-19-28(20-18-25)40-34-33(42-31(37)21-36)32(39-23-27-13-7-3-8-14-27)30(24-38-22-26-11-5-2-6-12-26)41-35(34)43-29-15-9-4-10-16-29/h2-20,30,32-35H,21-24H2,1H3/t30-,32+,33+,34-,35+/m1/s1. The monoisotopic (exact) mass is 618 g/mol. The fourth-order valence-corrected chi connectivity index (χ4v) is 5.98. The first kappa shape index (κ1) is 31.1. The Hall–Kier alpha value is -3.33. The quantitative estimate of drug-likeness (QED) is 0.116. The van der Waals surface area contributed by atoms with Crippen LogP contribution >= 0.6 is 23.4 Å². The maximum atomic E-state index is 12.8. The molecule has 1 aliphatic heterocycles. The predicted octanol–water partition coefficient (Wildman–Crippen LogP) is 7.21. The van der Waals surface area contributed by atoms with E-state index in [1.807, 2.05) is 122 Å². The van der Waals surface area contributed by atoms with Crippen molar-refractivity contribution in [1.29, 1.82) is 0 Å². The molecule has 1 fully saturated rings. The number of aryl methyl sites for hydroxylation is 1. The lowest BCUT2D eigenvalue weighted by molar-refractivity contribution is -0.232. The number of halogens is 1. The zero-order chi connectivity index (χ0) is 29.9. The van der Waals surface area contributed by atoms with Crippen molar-refractivity contribution in [2.24, 2.45) is 0 Å². The highest BCUT2D eigenvalue weighted by Gasteiger charge is 2.51. The minimum Gasteiger partial charge on any atom is -0.483 e. The Labute approximate surface area is 262 Å². The average Bonchev–Trinajstić information content (AvgIpc) is 3.04. The highest BCUT2D eigenvalue weighted by molar-refractivity contribution is 7.99. The van der Waals surface area contributed by atoms with Crippen LogP contribution in [0.25, 0.3) is 0 Å². The Morgan fingerprint density at radius 3 is 2.00 bits per heavy atom. The van der Waals surface area contributed by atoms with E-state index in [-0.39, 0.29) is 19.1 Å². The van der Waals surface area contributed by atoms with Crippen LogP contribution in [0.2, 0.25) is 0 Å². The molecule has 0 radical (unpaired) electrons. The third-order valence-electron chi connectivity index (χ3n) is 6.94. The van der Waals surface area contributed by atoms with Crippen LogP contribution in [0.3, 0.4) is 0 Å². The number of thioether (sulfide) groups is 1. The van der Waals surface area contributed by atoms with Crippen LogP contribution in [-0.2, 0) is 37.0 Å². The van der Waals surface area contributed by atoms with E-state index in [1.54, 1.807) is 0 Å². The summed E-state index contributed by atoms with van der Waals surface area (Å²) in [7, 11) is 0. The summed E-state index contributed by atoms with van der Waals surface area (Å²) in [6.45, 7) is 2.91. The molecule has 8 heteroatoms. The number of alkyl halides is 1. The van der Waals surface area contributed by atoms with Crippen LogP contribution in [0.4, 0.5) is 0 Å². The van der Waals surface area contributed by atoms with Crippen LogP contribution < -0.4 is 4.74 Å². The number of carbonyl (C=O) groups excluding carboxylic acids is 1. The molecule has 0 aliphatic carbocycles. The van der Waals surface area contributed by atoms with Gasteiger partial charge in [0.15, 0.2) is 12.2 Å². The van der Waals surface area contributed by atoms with Crippen LogP contribution in [0.1, 0.15) is 16.7 Å². The van der Waals surface area contributed by atoms with Crippen LogP contribution in [0, 0.1) is 6.92 Å². The minimum atomic E-state index is -0.837. The Morgan fingerprint density at radius 1 is 0.767 bits per heavy atom. The van der Waals surface area contributed by atoms with E-state index < -0.39 is 35.8 Å². The third-order valence-corrected chi connectivity index (χ3v) is 8.31. The van der Waals surface area contributed by atoms with Gasteiger partial charge in [0.2, 0.25) is 0 Å². The molecule has 0 N–H and O–H groups in total. The molecule has 1 aliphatic rings. The molecule has 0 aromatic heterocycles. The largest absolute Gasteiger partial charge is 0.483 e. The van der Waals surface area contributed by atoms with Crippen molar-refractivity contribution in [2.75, 3.05) is 12.5 Å². The first-order valence-corrected chi connectivity index (χ1v) is 15.6. The molecule has 0 spiro atoms. The molecule has 224 valence electrons. The molecule has 4 aromatic rings. The van der Waals surface area contributed by atoms with Gasteiger partial charge in [0.05, 0.1) is 19.8 Å². The molecule has 5 rings (SSSR count). The number of hydrogen-bond acceptors (Lipinski definition) is 7. The molecule has 5 atom stereocenters. The van der Waals surface area contributed by atoms with Gasteiger partial charge >= 0.3 is 5.97 Å². The average molecular weight is 619 g/mol. The number of hydrogen-bond donors (Lipinski definition) is 0. The summed E-state index contributed by atoms with van der Waals surface area (Å²) in [5, 5.41) is 0. The number of ether oxygens (including phenoxy) is 5. The maximum absolute atomic E-state index is 12.8. The minimum absolute atomic E-state index is 0.215. The van der Waals surface area contributed by atoms with Crippen molar-refractivity contribution < 1.29 is 28.5 Å². The maximum Gasteiger partial charge on any atom is 0.321 e. The molecule has 0 bridgehead atoms. The Balaban J connectivity index is 1.47. The second kappa shape index (κ2) is 15.9. The van der Waals surface area contributed by atoms with Gasteiger partial charge in [0.1, 0.15) is 29.3 Å². The van der Waals surface area contributed by atoms with E-state index in [0.717, 1.165) is 21.6 Å². The number of esters is 1. The first-order valence-electron chi connectivity index (χ1n) is 14.2. The van der Waals surface area contributed by atoms with Crippen molar-refractivity contribution >= 4 is 29.3 Å². The molecule has 1 saturated heterocycles. The Morgan fingerprint density at radius 2 is 1.37 bits per heavy atom. The number of carbonyl (C=O) groups is 1. The van der Waals surface area contributed by atoms with Gasteiger partial charge in [-0.3, -0.25) is 4.79 Å². The van der Waals surface area contributed by atoms with Gasteiger partial charge in [0, 0.05) is 4.90 Å². The molecule has 0 saturated carbocycles. The summed E-state index contributed by atoms with van der Waals surface area (Å²) >= 11 is 7.45. The lowest BCUT2D eigenvalue weighted by Gasteiger charge is -2.45. The lowest BCUT2D eigenvalue weighted by atomic mass is 9.99. The molecular formula is C35H35ClO6S. The second-order valence-corrected chi connectivity index (χ2v) is 11.7. The highest BCUT2D eigenvalue weighted by atomic mass is 35.5. The molecule has 43 heavy (non-hydrogen) atoms. The molecule has 1 heterocycles. The van der Waals surface area contributed by atoms with E-state index >= 15 is 0 Å². The molecule has 0 amide bonds. The van der Waals surface area contributed by atoms with E-state index in [4.69, 9.17) is 35.3 Å². The smallest absolute Gasteiger partial charge is 0.321 e. The second-order valence-electron chi connectivity index (χ2n) is 10.2. The number of benzene rings is 4. The summed E-state index contributed by atoms with van der Waals surface area (Å²) in [5.74, 6) is -0.233. The number of rotatable bonds is 13. The predicted molar refractivity (Wildman–Crippen MR) is 168 cm³/mol. The van der Waals surface area contributed by atoms with Crippen molar-refractivity contribution in [3.8, 4) is 5.75 Å². The van der Waals surface area contributed by atoms with Gasteiger partial charge in [-0.25, -0.2) is 0 Å². The zero-order valence-corrected chi connectivity index (χ0v) is 25.5.